The van der Waals surface area contributed by atoms with Gasteiger partial charge in [0.1, 0.15) is 0 Å². The Morgan fingerprint density at radius 3 is 2.73 bits per heavy atom. The lowest BCUT2D eigenvalue weighted by molar-refractivity contribution is -0.134. The molecule has 0 fully saturated rings. The lowest BCUT2D eigenvalue weighted by Crippen LogP contribution is -2.23. The minimum Gasteiger partial charge on any atom is -0.466 e. The number of ether oxygens (including phenoxy) is 1. The van der Waals surface area contributed by atoms with Crippen LogP contribution in [0.2, 0.25) is 0 Å². The Labute approximate surface area is 99.0 Å². The second-order valence-corrected chi connectivity index (χ2v) is 9.38. The molecule has 4 nitrogen and oxygen atoms in total. The smallest absolute Gasteiger partial charge is 0.330 e. The van der Waals surface area contributed by atoms with Gasteiger partial charge in [-0.15, -0.1) is 0 Å². The minimum atomic E-state index is -0.346. The summed E-state index contributed by atoms with van der Waals surface area (Å²) in [6, 6.07) is 0.179. The van der Waals surface area contributed by atoms with Gasteiger partial charge >= 0.3 is 5.97 Å². The maximum Gasteiger partial charge on any atom is 0.330 e. The number of nitrogens with one attached hydrogen (secondary N) is 2. The number of hydrogen-bond acceptors (Lipinski definition) is 4. The zero-order valence-electron chi connectivity index (χ0n) is 8.64. The molecule has 15 heavy (non-hydrogen) atoms. The number of rotatable bonds is 7. The van der Waals surface area contributed by atoms with Gasteiger partial charge in [0, 0.05) is 18.7 Å². The second-order valence-electron chi connectivity index (χ2n) is 2.77. The number of esters is 1. The molecule has 0 heterocycles. The van der Waals surface area contributed by atoms with Gasteiger partial charge in [0.2, 0.25) is 0 Å². The predicted molar refractivity (Wildman–Crippen MR) is 76.7 cm³/mol. The average molecular weight is 286 g/mol. The fourth-order valence-electron chi connectivity index (χ4n) is 0.897. The first kappa shape index (κ1) is 15.9. The molecule has 4 unspecified atom stereocenters. The largest absolute Gasteiger partial charge is 0.466 e. The van der Waals surface area contributed by atoms with Crippen molar-refractivity contribution < 1.29 is 9.53 Å². The molecule has 0 aromatic heterocycles. The maximum absolute atomic E-state index is 10.9. The molecule has 0 radical (unpaired) electrons. The van der Waals surface area contributed by atoms with Gasteiger partial charge in [0.05, 0.1) is 7.11 Å². The molecule has 0 saturated carbocycles. The van der Waals surface area contributed by atoms with Gasteiger partial charge in [0.25, 0.3) is 0 Å². The van der Waals surface area contributed by atoms with Gasteiger partial charge in [0.15, 0.2) is 0 Å². The van der Waals surface area contributed by atoms with Crippen molar-refractivity contribution in [2.75, 3.05) is 13.7 Å². The van der Waals surface area contributed by atoms with Crippen molar-refractivity contribution in [3.8, 4) is 0 Å². The Kier molecular flexibility index (Phi) is 10.6. The van der Waals surface area contributed by atoms with Gasteiger partial charge in [-0.2, -0.15) is 0 Å². The number of hydrogen-bond donors (Lipinski definition) is 2. The van der Waals surface area contributed by atoms with Gasteiger partial charge < -0.3 is 9.82 Å². The summed E-state index contributed by atoms with van der Waals surface area (Å²) in [5.41, 5.74) is 0. The van der Waals surface area contributed by atoms with E-state index in [2.05, 4.69) is 42.2 Å². The molecule has 0 amide bonds. The highest BCUT2D eigenvalue weighted by Gasteiger charge is 2.06. The van der Waals surface area contributed by atoms with Crippen molar-refractivity contribution in [2.24, 2.45) is 0 Å². The van der Waals surface area contributed by atoms with Crippen molar-refractivity contribution in [3.05, 3.63) is 12.2 Å². The van der Waals surface area contributed by atoms with Gasteiger partial charge in [-0.05, 0) is 13.9 Å². The average Bonchev–Trinajstić information content (AvgIpc) is 2.20. The zero-order chi connectivity index (χ0) is 11.7. The molecular weight excluding hydrogens is 268 g/mol. The van der Waals surface area contributed by atoms with Crippen LogP contribution in [0.1, 0.15) is 6.42 Å². The molecule has 0 aromatic carbocycles. The first-order valence-corrected chi connectivity index (χ1v) is 9.51. The van der Waals surface area contributed by atoms with E-state index in [1.54, 1.807) is 0 Å². The lowest BCUT2D eigenvalue weighted by atomic mass is 10.2. The van der Waals surface area contributed by atoms with Crippen LogP contribution in [0.4, 0.5) is 0 Å². The molecule has 0 aliphatic heterocycles. The number of carbonyl (C=O) groups excluding carboxylic acids is 1. The van der Waals surface area contributed by atoms with E-state index < -0.39 is 0 Å². The molecule has 4 atom stereocenters. The number of methoxy groups -OCH3 is 1. The third kappa shape index (κ3) is 9.76. The van der Waals surface area contributed by atoms with Crippen LogP contribution < -0.4 is 10.2 Å². The van der Waals surface area contributed by atoms with E-state index in [4.69, 9.17) is 0 Å². The van der Waals surface area contributed by atoms with E-state index in [1.165, 1.54) is 13.2 Å². The summed E-state index contributed by atoms with van der Waals surface area (Å²) in [6.07, 6.45) is 4.20. The van der Waals surface area contributed by atoms with Crippen molar-refractivity contribution in [2.45, 2.75) is 12.5 Å². The quantitative estimate of drug-likeness (QED) is 0.422. The molecule has 0 saturated heterocycles. The van der Waals surface area contributed by atoms with Crippen LogP contribution in [0.3, 0.4) is 0 Å². The molecule has 0 aliphatic carbocycles. The monoisotopic (exact) mass is 286 g/mol. The van der Waals surface area contributed by atoms with E-state index in [-0.39, 0.29) is 19.5 Å². The topological polar surface area (TPSA) is 50.4 Å². The molecule has 0 aliphatic rings. The van der Waals surface area contributed by atoms with Crippen LogP contribution in [0, 0.1) is 0 Å². The van der Waals surface area contributed by atoms with Crippen molar-refractivity contribution in [3.63, 3.8) is 0 Å². The first-order chi connectivity index (χ1) is 7.10. The highest BCUT2D eigenvalue weighted by atomic mass is 32.4. The highest BCUT2D eigenvalue weighted by Crippen LogP contribution is 2.48. The SMILES string of the molecule is COC(=O)/C=C/C(CCNP)NP(P)P. The van der Waals surface area contributed by atoms with E-state index in [1.807, 2.05) is 6.08 Å². The zero-order valence-corrected chi connectivity index (χ0v) is 13.0. The second kappa shape index (κ2) is 10.0. The van der Waals surface area contributed by atoms with E-state index in [0.29, 0.717) is 0 Å². The summed E-state index contributed by atoms with van der Waals surface area (Å²) >= 11 is 0. The van der Waals surface area contributed by atoms with Crippen LogP contribution in [0.15, 0.2) is 12.2 Å². The molecule has 2 N–H and O–H groups in total. The van der Waals surface area contributed by atoms with Gasteiger partial charge in [-0.25, -0.2) is 4.79 Å². The van der Waals surface area contributed by atoms with E-state index >= 15 is 0 Å². The Morgan fingerprint density at radius 2 is 2.27 bits per heavy atom. The van der Waals surface area contributed by atoms with E-state index in [9.17, 15) is 4.79 Å². The summed E-state index contributed by atoms with van der Waals surface area (Å²) in [4.78, 5) is 10.9. The van der Waals surface area contributed by atoms with Gasteiger partial charge in [-0.1, -0.05) is 33.3 Å². The van der Waals surface area contributed by atoms with E-state index in [0.717, 1.165) is 13.0 Å². The minimum absolute atomic E-state index is 0.179. The number of carbonyl (C=O) groups is 1. The molecule has 0 aromatic rings. The molecule has 88 valence electrons. The Balaban J connectivity index is 4.10. The van der Waals surface area contributed by atoms with Crippen molar-refractivity contribution in [1.29, 1.82) is 0 Å². The van der Waals surface area contributed by atoms with Crippen molar-refractivity contribution >= 4 is 40.7 Å². The molecule has 0 spiro atoms. The maximum atomic E-state index is 10.9. The third-order valence-electron chi connectivity index (χ3n) is 1.58. The molecule has 0 bridgehead atoms. The molecule has 0 rings (SSSR count). The van der Waals surface area contributed by atoms with Gasteiger partial charge in [-0.3, -0.25) is 5.09 Å². The summed E-state index contributed by atoms with van der Waals surface area (Å²) in [7, 11) is 8.87. The first-order valence-electron chi connectivity index (χ1n) is 4.35. The van der Waals surface area contributed by atoms with Crippen LogP contribution >= 0.6 is 34.7 Å². The summed E-state index contributed by atoms with van der Waals surface area (Å²) in [5.74, 6) is -0.322. The summed E-state index contributed by atoms with van der Waals surface area (Å²) in [5, 5.41) is 6.33. The van der Waals surface area contributed by atoms with Crippen LogP contribution in [0.5, 0.6) is 0 Å². The predicted octanol–water partition coefficient (Wildman–Crippen LogP) is 1.42. The fourth-order valence-corrected chi connectivity index (χ4v) is 2.81. The third-order valence-corrected chi connectivity index (χ3v) is 3.39. The fraction of sp³-hybridized carbons (Fsp3) is 0.571. The normalized spacial score (nSPS) is 13.4. The van der Waals surface area contributed by atoms with Crippen LogP contribution in [0.25, 0.3) is 0 Å². The lowest BCUT2D eigenvalue weighted by Gasteiger charge is -2.17. The summed E-state index contributed by atoms with van der Waals surface area (Å²) in [6.45, 7) is 0.867. The Bertz CT molecular complexity index is 213. The molecule has 8 heteroatoms. The van der Waals surface area contributed by atoms with Crippen molar-refractivity contribution in [1.82, 2.24) is 10.2 Å². The summed E-state index contributed by atoms with van der Waals surface area (Å²) < 4.78 is 4.53. The Hall–Kier alpha value is 0.850. The Morgan fingerprint density at radius 1 is 1.60 bits per heavy atom. The highest BCUT2D eigenvalue weighted by molar-refractivity contribution is 8.42. The molecular formula is C7H18N2O2P4. The standard InChI is InChI=1S/C7H18N2O2P4/c1-11-7(10)3-2-6(4-5-8-12)9-15(13)14/h2-3,6,8-9H,4-5,12-14H2,1H3/b3-2+. The van der Waals surface area contributed by atoms with Crippen LogP contribution in [-0.4, -0.2) is 25.7 Å². The van der Waals surface area contributed by atoms with Crippen LogP contribution in [-0.2, 0) is 9.53 Å².